The van der Waals surface area contributed by atoms with Gasteiger partial charge in [0.2, 0.25) is 0 Å². The average Bonchev–Trinajstić information content (AvgIpc) is 2.64. The monoisotopic (exact) mass is 245 g/mol. The molecular weight excluding hydrogens is 226 g/mol. The van der Waals surface area contributed by atoms with E-state index in [1.165, 1.54) is 5.56 Å². The van der Waals surface area contributed by atoms with Crippen LogP contribution >= 0.6 is 0 Å². The molecule has 0 bridgehead atoms. The smallest absolute Gasteiger partial charge is 0.143 e. The molecule has 0 aliphatic rings. The van der Waals surface area contributed by atoms with Gasteiger partial charge in [0, 0.05) is 5.69 Å². The maximum Gasteiger partial charge on any atom is 0.143 e. The Morgan fingerprint density at radius 1 is 1.33 bits per heavy atom. The molecule has 0 amide bonds. The van der Waals surface area contributed by atoms with Crippen molar-refractivity contribution in [3.63, 3.8) is 0 Å². The first-order chi connectivity index (χ1) is 8.60. The van der Waals surface area contributed by atoms with Crippen molar-refractivity contribution in [2.24, 2.45) is 0 Å². The first-order valence-electron chi connectivity index (χ1n) is 6.08. The number of para-hydroxylation sites is 1. The van der Waals surface area contributed by atoms with Crippen molar-refractivity contribution in [2.75, 3.05) is 12.8 Å². The highest BCUT2D eigenvalue weighted by molar-refractivity contribution is 5.66. The molecule has 2 rings (SSSR count). The highest BCUT2D eigenvalue weighted by Crippen LogP contribution is 2.29. The average molecular weight is 245 g/mol. The lowest BCUT2D eigenvalue weighted by molar-refractivity contribution is 0.416. The number of ether oxygens (including phenoxy) is 1. The number of anilines is 1. The van der Waals surface area contributed by atoms with Crippen molar-refractivity contribution in [1.82, 2.24) is 9.78 Å². The summed E-state index contributed by atoms with van der Waals surface area (Å²) < 4.78 is 7.14. The Hall–Kier alpha value is -1.97. The van der Waals surface area contributed by atoms with E-state index in [2.05, 4.69) is 18.9 Å². The molecule has 0 saturated heterocycles. The summed E-state index contributed by atoms with van der Waals surface area (Å²) in [6.07, 6.45) is 0.974. The van der Waals surface area contributed by atoms with Crippen LogP contribution in [-0.2, 0) is 6.42 Å². The number of methoxy groups -OCH3 is 1. The molecule has 0 aliphatic heterocycles. The molecule has 0 atom stereocenters. The number of nitrogens with zero attached hydrogens (tertiary/aromatic N) is 2. The van der Waals surface area contributed by atoms with Crippen LogP contribution in [0.5, 0.6) is 5.75 Å². The zero-order chi connectivity index (χ0) is 13.3. The summed E-state index contributed by atoms with van der Waals surface area (Å²) in [5.41, 5.74) is 11.1. The van der Waals surface area contributed by atoms with Gasteiger partial charge in [0.25, 0.3) is 0 Å². The number of nitrogens with two attached hydrogens (primary N) is 1. The fourth-order valence-corrected chi connectivity index (χ4v) is 2.32. The van der Waals surface area contributed by atoms with Gasteiger partial charge in [-0.3, -0.25) is 0 Å². The number of benzene rings is 1. The lowest BCUT2D eigenvalue weighted by Crippen LogP contribution is -2.05. The van der Waals surface area contributed by atoms with E-state index in [-0.39, 0.29) is 0 Å². The SMILES string of the molecule is CCc1c(C)nn(-c2cccc(OC)c2N)c1C. The Labute approximate surface area is 107 Å². The molecule has 0 radical (unpaired) electrons. The topological polar surface area (TPSA) is 53.1 Å². The third-order valence-electron chi connectivity index (χ3n) is 3.29. The molecule has 2 N–H and O–H groups in total. The van der Waals surface area contributed by atoms with Crippen molar-refractivity contribution in [1.29, 1.82) is 0 Å². The molecule has 2 aromatic rings. The van der Waals surface area contributed by atoms with Crippen LogP contribution in [0.1, 0.15) is 23.9 Å². The summed E-state index contributed by atoms with van der Waals surface area (Å²) >= 11 is 0. The summed E-state index contributed by atoms with van der Waals surface area (Å²) in [7, 11) is 1.62. The molecule has 1 heterocycles. The van der Waals surface area contributed by atoms with Crippen LogP contribution in [0.4, 0.5) is 5.69 Å². The highest BCUT2D eigenvalue weighted by atomic mass is 16.5. The highest BCUT2D eigenvalue weighted by Gasteiger charge is 2.14. The second-order valence-electron chi connectivity index (χ2n) is 4.31. The summed E-state index contributed by atoms with van der Waals surface area (Å²) in [6, 6.07) is 5.73. The standard InChI is InChI=1S/C14H19N3O/c1-5-11-9(2)16-17(10(11)3)12-7-6-8-13(18-4)14(12)15/h6-8H,5,15H2,1-4H3. The van der Waals surface area contributed by atoms with Gasteiger partial charge >= 0.3 is 0 Å². The molecule has 4 heteroatoms. The van der Waals surface area contributed by atoms with Crippen molar-refractivity contribution in [3.05, 3.63) is 35.2 Å². The van der Waals surface area contributed by atoms with Crippen LogP contribution < -0.4 is 10.5 Å². The van der Waals surface area contributed by atoms with E-state index in [4.69, 9.17) is 10.5 Å². The maximum atomic E-state index is 6.11. The van der Waals surface area contributed by atoms with Crippen molar-refractivity contribution in [3.8, 4) is 11.4 Å². The lowest BCUT2D eigenvalue weighted by atomic mass is 10.1. The van der Waals surface area contributed by atoms with E-state index in [1.54, 1.807) is 7.11 Å². The van der Waals surface area contributed by atoms with E-state index in [0.29, 0.717) is 11.4 Å². The number of hydrogen-bond donors (Lipinski definition) is 1. The van der Waals surface area contributed by atoms with Gasteiger partial charge in [-0.1, -0.05) is 13.0 Å². The summed E-state index contributed by atoms with van der Waals surface area (Å²) in [5.74, 6) is 0.679. The second kappa shape index (κ2) is 4.72. The zero-order valence-electron chi connectivity index (χ0n) is 11.3. The molecule has 0 aliphatic carbocycles. The van der Waals surface area contributed by atoms with Crippen LogP contribution in [0.2, 0.25) is 0 Å². The van der Waals surface area contributed by atoms with E-state index in [0.717, 1.165) is 23.5 Å². The first-order valence-corrected chi connectivity index (χ1v) is 6.08. The molecule has 0 fully saturated rings. The van der Waals surface area contributed by atoms with Gasteiger partial charge in [0.05, 0.1) is 18.5 Å². The predicted molar refractivity (Wildman–Crippen MR) is 73.4 cm³/mol. The number of rotatable bonds is 3. The zero-order valence-corrected chi connectivity index (χ0v) is 11.3. The Bertz CT molecular complexity index is 573. The van der Waals surface area contributed by atoms with Gasteiger partial charge in [0.15, 0.2) is 0 Å². The number of aryl methyl sites for hydroxylation is 1. The van der Waals surface area contributed by atoms with Crippen molar-refractivity contribution >= 4 is 5.69 Å². The molecule has 4 nitrogen and oxygen atoms in total. The Morgan fingerprint density at radius 2 is 2.06 bits per heavy atom. The van der Waals surface area contributed by atoms with E-state index in [1.807, 2.05) is 29.8 Å². The van der Waals surface area contributed by atoms with Gasteiger partial charge in [-0.25, -0.2) is 4.68 Å². The van der Waals surface area contributed by atoms with Crippen LogP contribution in [0.3, 0.4) is 0 Å². The van der Waals surface area contributed by atoms with Gasteiger partial charge in [0.1, 0.15) is 11.4 Å². The number of hydrogen-bond acceptors (Lipinski definition) is 3. The summed E-state index contributed by atoms with van der Waals surface area (Å²) in [4.78, 5) is 0. The molecule has 18 heavy (non-hydrogen) atoms. The summed E-state index contributed by atoms with van der Waals surface area (Å²) in [6.45, 7) is 6.23. The van der Waals surface area contributed by atoms with Crippen molar-refractivity contribution < 1.29 is 4.74 Å². The fraction of sp³-hybridized carbons (Fsp3) is 0.357. The predicted octanol–water partition coefficient (Wildman–Crippen LogP) is 2.64. The maximum absolute atomic E-state index is 6.11. The largest absolute Gasteiger partial charge is 0.495 e. The molecule has 0 unspecified atom stereocenters. The molecule has 1 aromatic heterocycles. The fourth-order valence-electron chi connectivity index (χ4n) is 2.32. The van der Waals surface area contributed by atoms with Crippen molar-refractivity contribution in [2.45, 2.75) is 27.2 Å². The van der Waals surface area contributed by atoms with Crippen LogP contribution in [0.15, 0.2) is 18.2 Å². The van der Waals surface area contributed by atoms with Crippen LogP contribution in [0.25, 0.3) is 5.69 Å². The van der Waals surface area contributed by atoms with Gasteiger partial charge in [-0.2, -0.15) is 5.10 Å². The molecular formula is C14H19N3O. The quantitative estimate of drug-likeness (QED) is 0.846. The van der Waals surface area contributed by atoms with Gasteiger partial charge in [-0.15, -0.1) is 0 Å². The van der Waals surface area contributed by atoms with E-state index >= 15 is 0 Å². The minimum absolute atomic E-state index is 0.619. The third kappa shape index (κ3) is 1.83. The number of nitrogen functional groups attached to an aromatic ring is 1. The second-order valence-corrected chi connectivity index (χ2v) is 4.31. The molecule has 1 aromatic carbocycles. The Kier molecular flexibility index (Phi) is 3.28. The molecule has 96 valence electrons. The first kappa shape index (κ1) is 12.5. The van der Waals surface area contributed by atoms with Gasteiger partial charge in [-0.05, 0) is 38.0 Å². The molecule has 0 spiro atoms. The normalized spacial score (nSPS) is 10.7. The number of aromatic nitrogens is 2. The van der Waals surface area contributed by atoms with Gasteiger partial charge < -0.3 is 10.5 Å². The molecule has 0 saturated carbocycles. The van der Waals surface area contributed by atoms with E-state index < -0.39 is 0 Å². The lowest BCUT2D eigenvalue weighted by Gasteiger charge is -2.11. The Morgan fingerprint density at radius 3 is 2.61 bits per heavy atom. The van der Waals surface area contributed by atoms with Crippen LogP contribution in [0, 0.1) is 13.8 Å². The van der Waals surface area contributed by atoms with E-state index in [9.17, 15) is 0 Å². The summed E-state index contributed by atoms with van der Waals surface area (Å²) in [5, 5.41) is 4.57. The minimum Gasteiger partial charge on any atom is -0.495 e. The van der Waals surface area contributed by atoms with Crippen LogP contribution in [-0.4, -0.2) is 16.9 Å². The Balaban J connectivity index is 2.62. The third-order valence-corrected chi connectivity index (χ3v) is 3.29. The minimum atomic E-state index is 0.619.